The lowest BCUT2D eigenvalue weighted by Gasteiger charge is -2.21. The third-order valence-electron chi connectivity index (χ3n) is 4.19. The average molecular weight is 444 g/mol. The summed E-state index contributed by atoms with van der Waals surface area (Å²) in [6, 6.07) is -0.874. The number of aliphatic carboxylic acids is 1. The zero-order valence-corrected chi connectivity index (χ0v) is 17.9. The first-order valence-corrected chi connectivity index (χ1v) is 10.3. The van der Waals surface area contributed by atoms with E-state index in [1.807, 2.05) is 0 Å². The van der Waals surface area contributed by atoms with Crippen molar-refractivity contribution in [2.24, 2.45) is 38.7 Å². The third-order valence-corrected chi connectivity index (χ3v) is 4.19. The molecule has 0 saturated heterocycles. The molecule has 0 bridgehead atoms. The first-order valence-electron chi connectivity index (χ1n) is 10.3. The lowest BCUT2D eigenvalue weighted by Crippen LogP contribution is -2.53. The van der Waals surface area contributed by atoms with Crippen molar-refractivity contribution in [1.29, 1.82) is 0 Å². The molecule has 0 aromatic heterocycles. The Kier molecular flexibility index (Phi) is 15.0. The van der Waals surface area contributed by atoms with Crippen molar-refractivity contribution >= 4 is 29.7 Å². The molecule has 0 aliphatic carbocycles. The Balaban J connectivity index is 4.25. The van der Waals surface area contributed by atoms with Gasteiger partial charge in [0, 0.05) is 19.5 Å². The number of carboxylic acid groups (broad SMARTS) is 1. The molecule has 13 nitrogen and oxygen atoms in total. The van der Waals surface area contributed by atoms with E-state index in [1.54, 1.807) is 0 Å². The highest BCUT2D eigenvalue weighted by atomic mass is 16.4. The molecule has 0 aliphatic rings. The number of hydrogen-bond acceptors (Lipinski definition) is 6. The minimum Gasteiger partial charge on any atom is -0.481 e. The highest BCUT2D eigenvalue weighted by Crippen LogP contribution is 2.06. The van der Waals surface area contributed by atoms with E-state index >= 15 is 0 Å². The van der Waals surface area contributed by atoms with E-state index in [0.717, 1.165) is 25.7 Å². The summed E-state index contributed by atoms with van der Waals surface area (Å²) < 4.78 is 0. The summed E-state index contributed by atoms with van der Waals surface area (Å²) in [6.07, 6.45) is 3.73. The predicted octanol–water partition coefficient (Wildman–Crippen LogP) is -1.99. The van der Waals surface area contributed by atoms with Gasteiger partial charge in [-0.15, -0.1) is 0 Å². The number of nitrogens with zero attached hydrogens (tertiary/aromatic N) is 2. The quantitative estimate of drug-likeness (QED) is 0.0535. The van der Waals surface area contributed by atoms with Gasteiger partial charge in [-0.05, 0) is 25.7 Å². The molecule has 0 radical (unpaired) electrons. The van der Waals surface area contributed by atoms with Crippen molar-refractivity contribution in [1.82, 2.24) is 10.6 Å². The molecule has 0 rings (SSSR count). The van der Waals surface area contributed by atoms with Gasteiger partial charge in [-0.3, -0.25) is 24.4 Å². The number of rotatable bonds is 17. The van der Waals surface area contributed by atoms with Gasteiger partial charge in [0.05, 0.1) is 12.5 Å². The van der Waals surface area contributed by atoms with Crippen LogP contribution >= 0.6 is 0 Å². The van der Waals surface area contributed by atoms with E-state index in [1.165, 1.54) is 0 Å². The fraction of sp³-hybridized carbons (Fsp3) is 0.722. The lowest BCUT2D eigenvalue weighted by molar-refractivity contribution is -0.138. The molecular weight excluding hydrogens is 406 g/mol. The molecule has 2 atom stereocenters. The molecule has 0 fully saturated rings. The van der Waals surface area contributed by atoms with Crippen LogP contribution in [0, 0.1) is 0 Å². The molecule has 13 heteroatoms. The first kappa shape index (κ1) is 27.9. The average Bonchev–Trinajstić information content (AvgIpc) is 2.66. The van der Waals surface area contributed by atoms with Gasteiger partial charge in [-0.1, -0.05) is 19.3 Å². The standard InChI is InChI=1S/C18H37N9O4/c19-12(7-6-10-25-18(22)23)16(31)27-13(11-15(29)30)26-14(28)8-4-2-1-3-5-9-24-17(20)21/h12-13H,1-11,19H2,(H,26,28)(H,27,31)(H,29,30)(H4,20,21,24)(H4,22,23,25)/t12-,13-/m0/s1. The number of unbranched alkanes of at least 4 members (excludes halogenated alkanes) is 4. The number of hydrogen-bond donors (Lipinski definition) is 8. The largest absolute Gasteiger partial charge is 0.481 e. The van der Waals surface area contributed by atoms with Gasteiger partial charge in [0.2, 0.25) is 11.8 Å². The molecule has 178 valence electrons. The van der Waals surface area contributed by atoms with Gasteiger partial charge in [-0.25, -0.2) is 0 Å². The third kappa shape index (κ3) is 17.5. The normalized spacial score (nSPS) is 12.3. The fourth-order valence-corrected chi connectivity index (χ4v) is 2.64. The summed E-state index contributed by atoms with van der Waals surface area (Å²) in [5, 5.41) is 14.0. The second kappa shape index (κ2) is 16.7. The molecule has 0 unspecified atom stereocenters. The van der Waals surface area contributed by atoms with Crippen LogP contribution in [-0.2, 0) is 14.4 Å². The van der Waals surface area contributed by atoms with Gasteiger partial charge in [0.15, 0.2) is 11.9 Å². The predicted molar refractivity (Wildman–Crippen MR) is 119 cm³/mol. The van der Waals surface area contributed by atoms with E-state index in [0.29, 0.717) is 32.4 Å². The molecule has 0 aromatic rings. The number of guanidine groups is 2. The van der Waals surface area contributed by atoms with E-state index in [-0.39, 0.29) is 24.2 Å². The summed E-state index contributed by atoms with van der Waals surface area (Å²) in [5.74, 6) is -2.03. The van der Waals surface area contributed by atoms with Crippen molar-refractivity contribution < 1.29 is 19.5 Å². The number of carbonyl (C=O) groups is 3. The molecule has 0 heterocycles. The van der Waals surface area contributed by atoms with Crippen LogP contribution in [-0.4, -0.2) is 60.1 Å². The number of carboxylic acids is 1. The lowest BCUT2D eigenvalue weighted by atomic mass is 10.1. The monoisotopic (exact) mass is 443 g/mol. The van der Waals surface area contributed by atoms with Crippen molar-refractivity contribution in [2.75, 3.05) is 13.1 Å². The van der Waals surface area contributed by atoms with Crippen molar-refractivity contribution in [3.8, 4) is 0 Å². The van der Waals surface area contributed by atoms with Crippen LogP contribution in [0.3, 0.4) is 0 Å². The SMILES string of the molecule is NC(N)=NCCCCCCCC(=O)N[C@H](CC(=O)O)NC(=O)[C@@H](N)CCCN=C(N)N. The Hall–Kier alpha value is -3.09. The molecule has 31 heavy (non-hydrogen) atoms. The van der Waals surface area contributed by atoms with Gasteiger partial charge >= 0.3 is 5.97 Å². The van der Waals surface area contributed by atoms with Crippen LogP contribution in [0.15, 0.2) is 9.98 Å². The Morgan fingerprint density at radius 3 is 1.94 bits per heavy atom. The second-order valence-electron chi connectivity index (χ2n) is 7.11. The molecule has 2 amide bonds. The number of carbonyl (C=O) groups excluding carboxylic acids is 2. The van der Waals surface area contributed by atoms with Crippen LogP contribution in [0.4, 0.5) is 0 Å². The van der Waals surface area contributed by atoms with Crippen LogP contribution in [0.5, 0.6) is 0 Å². The van der Waals surface area contributed by atoms with Crippen molar-refractivity contribution in [3.05, 3.63) is 0 Å². The maximum absolute atomic E-state index is 12.2. The minimum atomic E-state index is -1.16. The Morgan fingerprint density at radius 2 is 1.35 bits per heavy atom. The van der Waals surface area contributed by atoms with Crippen LogP contribution in [0.2, 0.25) is 0 Å². The van der Waals surface area contributed by atoms with E-state index in [9.17, 15) is 14.4 Å². The number of amides is 2. The highest BCUT2D eigenvalue weighted by Gasteiger charge is 2.21. The van der Waals surface area contributed by atoms with Crippen LogP contribution < -0.4 is 39.3 Å². The van der Waals surface area contributed by atoms with Gasteiger partial charge < -0.3 is 44.4 Å². The van der Waals surface area contributed by atoms with Gasteiger partial charge in [0.1, 0.15) is 6.17 Å². The van der Waals surface area contributed by atoms with Crippen LogP contribution in [0.1, 0.15) is 57.8 Å². The van der Waals surface area contributed by atoms with Crippen LogP contribution in [0.25, 0.3) is 0 Å². The maximum atomic E-state index is 12.2. The van der Waals surface area contributed by atoms with E-state index in [2.05, 4.69) is 20.6 Å². The van der Waals surface area contributed by atoms with Crippen molar-refractivity contribution in [3.63, 3.8) is 0 Å². The summed E-state index contributed by atoms with van der Waals surface area (Å²) >= 11 is 0. The van der Waals surface area contributed by atoms with E-state index in [4.69, 9.17) is 33.8 Å². The summed E-state index contributed by atoms with van der Waals surface area (Å²) in [7, 11) is 0. The smallest absolute Gasteiger partial charge is 0.307 e. The summed E-state index contributed by atoms with van der Waals surface area (Å²) in [5.41, 5.74) is 26.7. The number of aliphatic imine (C=N–C) groups is 2. The van der Waals surface area contributed by atoms with Crippen molar-refractivity contribution in [2.45, 2.75) is 70.0 Å². The molecule has 13 N–H and O–H groups in total. The first-order chi connectivity index (χ1) is 14.6. The zero-order valence-electron chi connectivity index (χ0n) is 17.9. The fourth-order valence-electron chi connectivity index (χ4n) is 2.64. The molecule has 0 aliphatic heterocycles. The second-order valence-corrected chi connectivity index (χ2v) is 7.11. The Labute approximate surface area is 182 Å². The number of nitrogens with two attached hydrogens (primary N) is 5. The topological polar surface area (TPSA) is 250 Å². The molecule has 0 aromatic carbocycles. The van der Waals surface area contributed by atoms with Gasteiger partial charge in [-0.2, -0.15) is 0 Å². The minimum absolute atomic E-state index is 0.0480. The molecule has 0 saturated carbocycles. The summed E-state index contributed by atoms with van der Waals surface area (Å²) in [4.78, 5) is 43.0. The zero-order chi connectivity index (χ0) is 23.6. The molecule has 0 spiro atoms. The number of nitrogens with one attached hydrogen (secondary N) is 2. The highest BCUT2D eigenvalue weighted by molar-refractivity contribution is 5.84. The summed E-state index contributed by atoms with van der Waals surface area (Å²) in [6.45, 7) is 0.905. The maximum Gasteiger partial charge on any atom is 0.307 e. The van der Waals surface area contributed by atoms with Gasteiger partial charge in [0.25, 0.3) is 0 Å². The van der Waals surface area contributed by atoms with E-state index < -0.39 is 30.5 Å². The molecular formula is C18H37N9O4. The Bertz CT molecular complexity index is 617. The Morgan fingerprint density at radius 1 is 0.806 bits per heavy atom.